The van der Waals surface area contributed by atoms with Crippen molar-refractivity contribution in [3.63, 3.8) is 0 Å². The number of carbonyl (C=O) groups excluding carboxylic acids is 2. The van der Waals surface area contributed by atoms with Gasteiger partial charge in [0, 0.05) is 28.2 Å². The van der Waals surface area contributed by atoms with Crippen LogP contribution in [0.25, 0.3) is 0 Å². The van der Waals surface area contributed by atoms with E-state index in [9.17, 15) is 9.59 Å². The van der Waals surface area contributed by atoms with Crippen molar-refractivity contribution in [2.24, 2.45) is 0 Å². The maximum atomic E-state index is 13.1. The Balaban J connectivity index is 1.48. The number of nitrogens with zero attached hydrogens (tertiary/aromatic N) is 1. The Hall–Kier alpha value is -4.10. The van der Waals surface area contributed by atoms with Crippen molar-refractivity contribution >= 4 is 40.8 Å². The third kappa shape index (κ3) is 5.99. The molecule has 0 bridgehead atoms. The van der Waals surface area contributed by atoms with Crippen LogP contribution in [0.3, 0.4) is 0 Å². The van der Waals surface area contributed by atoms with Crippen LogP contribution >= 0.6 is 11.8 Å². The molecule has 0 spiro atoms. The fourth-order valence-electron chi connectivity index (χ4n) is 3.08. The molecule has 0 radical (unpaired) electrons. The average Bonchev–Trinajstić information content (AvgIpc) is 2.83. The number of nitrogens with one attached hydrogen (secondary N) is 3. The van der Waals surface area contributed by atoms with E-state index in [2.05, 4.69) is 20.9 Å². The summed E-state index contributed by atoms with van der Waals surface area (Å²) in [4.78, 5) is 30.8. The lowest BCUT2D eigenvalue weighted by atomic mass is 10.1. The zero-order valence-corrected chi connectivity index (χ0v) is 18.7. The SMILES string of the molecule is Cc1ccc(NC(=O)Nc2ccccc2)cc1NC(=O)c1cccnc1Sc1ccccc1. The predicted molar refractivity (Wildman–Crippen MR) is 133 cm³/mol. The molecule has 3 amide bonds. The monoisotopic (exact) mass is 454 g/mol. The second-order valence-corrected chi connectivity index (χ2v) is 8.26. The van der Waals surface area contributed by atoms with E-state index in [0.29, 0.717) is 27.7 Å². The summed E-state index contributed by atoms with van der Waals surface area (Å²) in [5.41, 5.74) is 3.21. The van der Waals surface area contributed by atoms with E-state index in [1.807, 2.05) is 61.5 Å². The molecule has 33 heavy (non-hydrogen) atoms. The summed E-state index contributed by atoms with van der Waals surface area (Å²) in [5, 5.41) is 9.14. The second-order valence-electron chi connectivity index (χ2n) is 7.20. The van der Waals surface area contributed by atoms with Gasteiger partial charge < -0.3 is 16.0 Å². The molecule has 1 aromatic heterocycles. The average molecular weight is 455 g/mol. The molecule has 0 aliphatic carbocycles. The molecule has 0 atom stereocenters. The number of aryl methyl sites for hydroxylation is 1. The summed E-state index contributed by atoms with van der Waals surface area (Å²) in [6.45, 7) is 1.90. The van der Waals surface area contributed by atoms with Gasteiger partial charge in [-0.2, -0.15) is 0 Å². The van der Waals surface area contributed by atoms with Gasteiger partial charge in [0.1, 0.15) is 5.03 Å². The first-order valence-electron chi connectivity index (χ1n) is 10.3. The van der Waals surface area contributed by atoms with Gasteiger partial charge >= 0.3 is 6.03 Å². The van der Waals surface area contributed by atoms with Crippen molar-refractivity contribution in [1.29, 1.82) is 0 Å². The third-order valence-corrected chi connectivity index (χ3v) is 5.78. The van der Waals surface area contributed by atoms with Crippen molar-refractivity contribution in [3.8, 4) is 0 Å². The molecular formula is C26H22N4O2S. The normalized spacial score (nSPS) is 10.3. The first-order valence-corrected chi connectivity index (χ1v) is 11.1. The number of para-hydroxylation sites is 1. The Bertz CT molecular complexity index is 1260. The van der Waals surface area contributed by atoms with Crippen molar-refractivity contribution in [2.45, 2.75) is 16.8 Å². The van der Waals surface area contributed by atoms with Crippen LogP contribution < -0.4 is 16.0 Å². The first kappa shape index (κ1) is 22.1. The van der Waals surface area contributed by atoms with E-state index in [1.54, 1.807) is 42.6 Å². The number of amides is 3. The van der Waals surface area contributed by atoms with Crippen LogP contribution in [0.2, 0.25) is 0 Å². The van der Waals surface area contributed by atoms with Crippen LogP contribution in [0.4, 0.5) is 21.9 Å². The van der Waals surface area contributed by atoms with Gasteiger partial charge in [-0.25, -0.2) is 9.78 Å². The molecule has 0 saturated heterocycles. The lowest BCUT2D eigenvalue weighted by molar-refractivity contribution is 0.102. The number of hydrogen-bond acceptors (Lipinski definition) is 4. The number of aromatic nitrogens is 1. The van der Waals surface area contributed by atoms with Crippen LogP contribution in [0.1, 0.15) is 15.9 Å². The molecule has 0 saturated carbocycles. The molecule has 0 fully saturated rings. The Morgan fingerprint density at radius 2 is 1.45 bits per heavy atom. The topological polar surface area (TPSA) is 83.1 Å². The maximum absolute atomic E-state index is 13.1. The molecule has 7 heteroatoms. The highest BCUT2D eigenvalue weighted by Gasteiger charge is 2.15. The number of hydrogen-bond donors (Lipinski definition) is 3. The summed E-state index contributed by atoms with van der Waals surface area (Å²) >= 11 is 1.43. The Morgan fingerprint density at radius 1 is 0.758 bits per heavy atom. The summed E-state index contributed by atoms with van der Waals surface area (Å²) < 4.78 is 0. The molecule has 6 nitrogen and oxygen atoms in total. The summed E-state index contributed by atoms with van der Waals surface area (Å²) in [5.74, 6) is -0.268. The van der Waals surface area contributed by atoms with Gasteiger partial charge in [-0.3, -0.25) is 4.79 Å². The molecular weight excluding hydrogens is 432 g/mol. The maximum Gasteiger partial charge on any atom is 0.323 e. The number of urea groups is 1. The highest BCUT2D eigenvalue weighted by Crippen LogP contribution is 2.29. The fourth-order valence-corrected chi connectivity index (χ4v) is 3.98. The van der Waals surface area contributed by atoms with Crippen LogP contribution in [0.5, 0.6) is 0 Å². The van der Waals surface area contributed by atoms with Gasteiger partial charge in [0.2, 0.25) is 0 Å². The number of pyridine rings is 1. The van der Waals surface area contributed by atoms with Crippen molar-refractivity contribution in [3.05, 3.63) is 108 Å². The van der Waals surface area contributed by atoms with Crippen molar-refractivity contribution < 1.29 is 9.59 Å². The number of benzene rings is 3. The zero-order valence-electron chi connectivity index (χ0n) is 17.9. The minimum Gasteiger partial charge on any atom is -0.322 e. The van der Waals surface area contributed by atoms with Crippen molar-refractivity contribution in [1.82, 2.24) is 4.98 Å². The van der Waals surface area contributed by atoms with E-state index < -0.39 is 0 Å². The minimum atomic E-state index is -0.365. The second kappa shape index (κ2) is 10.5. The van der Waals surface area contributed by atoms with E-state index >= 15 is 0 Å². The third-order valence-electron chi connectivity index (χ3n) is 4.75. The molecule has 164 valence electrons. The molecule has 4 rings (SSSR count). The minimum absolute atomic E-state index is 0.268. The largest absolute Gasteiger partial charge is 0.323 e. The standard InChI is InChI=1S/C26H22N4O2S/c1-18-14-15-20(29-26(32)28-19-9-4-2-5-10-19)17-23(18)30-24(31)22-13-8-16-27-25(22)33-21-11-6-3-7-12-21/h2-17H,1H3,(H,30,31)(H2,28,29,32). The predicted octanol–water partition coefficient (Wildman–Crippen LogP) is 6.44. The number of anilines is 3. The Kier molecular flexibility index (Phi) is 7.02. The van der Waals surface area contributed by atoms with E-state index in [-0.39, 0.29) is 11.9 Å². The van der Waals surface area contributed by atoms with Crippen LogP contribution in [0, 0.1) is 6.92 Å². The van der Waals surface area contributed by atoms with Gasteiger partial charge in [0.05, 0.1) is 5.56 Å². The van der Waals surface area contributed by atoms with Crippen LogP contribution in [-0.4, -0.2) is 16.9 Å². The van der Waals surface area contributed by atoms with Crippen LogP contribution in [-0.2, 0) is 0 Å². The van der Waals surface area contributed by atoms with Gasteiger partial charge in [0.25, 0.3) is 5.91 Å². The van der Waals surface area contributed by atoms with E-state index in [4.69, 9.17) is 0 Å². The van der Waals surface area contributed by atoms with Crippen molar-refractivity contribution in [2.75, 3.05) is 16.0 Å². The lowest BCUT2D eigenvalue weighted by Crippen LogP contribution is -2.20. The molecule has 0 aliphatic rings. The van der Waals surface area contributed by atoms with Gasteiger partial charge in [-0.05, 0) is 61.0 Å². The molecule has 1 heterocycles. The first-order chi connectivity index (χ1) is 16.1. The van der Waals surface area contributed by atoms with E-state index in [0.717, 1.165) is 10.5 Å². The highest BCUT2D eigenvalue weighted by atomic mass is 32.2. The molecule has 0 aliphatic heterocycles. The quantitative estimate of drug-likeness (QED) is 0.313. The molecule has 4 aromatic rings. The lowest BCUT2D eigenvalue weighted by Gasteiger charge is -2.13. The molecule has 0 unspecified atom stereocenters. The summed E-state index contributed by atoms with van der Waals surface area (Å²) in [6, 6.07) is 27.4. The van der Waals surface area contributed by atoms with Crippen LogP contribution in [0.15, 0.2) is 107 Å². The molecule has 3 N–H and O–H groups in total. The van der Waals surface area contributed by atoms with E-state index in [1.165, 1.54) is 11.8 Å². The smallest absolute Gasteiger partial charge is 0.322 e. The summed E-state index contributed by atoms with van der Waals surface area (Å²) in [7, 11) is 0. The summed E-state index contributed by atoms with van der Waals surface area (Å²) in [6.07, 6.45) is 1.67. The fraction of sp³-hybridized carbons (Fsp3) is 0.0385. The number of rotatable bonds is 6. The van der Waals surface area contributed by atoms with Gasteiger partial charge in [-0.1, -0.05) is 54.2 Å². The number of carbonyl (C=O) groups is 2. The Labute approximate surface area is 196 Å². The van der Waals surface area contributed by atoms with Gasteiger partial charge in [0.15, 0.2) is 0 Å². The zero-order chi connectivity index (χ0) is 23.0. The highest BCUT2D eigenvalue weighted by molar-refractivity contribution is 7.99. The molecule has 3 aromatic carbocycles. The van der Waals surface area contributed by atoms with Gasteiger partial charge in [-0.15, -0.1) is 0 Å². The Morgan fingerprint density at radius 3 is 2.21 bits per heavy atom.